The molecular formula is C14H22ClN3O. The lowest BCUT2D eigenvalue weighted by atomic mass is 10.0. The molecule has 0 aliphatic heterocycles. The van der Waals surface area contributed by atoms with Gasteiger partial charge in [-0.05, 0) is 30.5 Å². The molecule has 4 N–H and O–H groups in total. The second-order valence-corrected chi connectivity index (χ2v) is 5.55. The molecule has 1 amide bonds. The fourth-order valence-electron chi connectivity index (χ4n) is 1.75. The van der Waals surface area contributed by atoms with Gasteiger partial charge in [-0.15, -0.1) is 0 Å². The Morgan fingerprint density at radius 2 is 2.05 bits per heavy atom. The molecule has 0 fully saturated rings. The molecule has 0 spiro atoms. The van der Waals surface area contributed by atoms with E-state index < -0.39 is 5.91 Å². The summed E-state index contributed by atoms with van der Waals surface area (Å²) in [7, 11) is 1.97. The molecule has 5 heteroatoms. The van der Waals surface area contributed by atoms with Crippen LogP contribution in [0.2, 0.25) is 5.02 Å². The Bertz CT molecular complexity index is 448. The molecule has 0 aliphatic carbocycles. The lowest BCUT2D eigenvalue weighted by Gasteiger charge is -2.23. The number of halogens is 1. The van der Waals surface area contributed by atoms with Gasteiger partial charge in [0.25, 0.3) is 0 Å². The largest absolute Gasteiger partial charge is 0.374 e. The van der Waals surface area contributed by atoms with E-state index in [1.165, 1.54) is 0 Å². The number of carbonyl (C=O) groups is 1. The summed E-state index contributed by atoms with van der Waals surface area (Å²) in [6.07, 6.45) is 0.906. The van der Waals surface area contributed by atoms with Crippen molar-refractivity contribution in [2.24, 2.45) is 17.4 Å². The van der Waals surface area contributed by atoms with E-state index in [1.54, 1.807) is 12.1 Å². The highest BCUT2D eigenvalue weighted by Crippen LogP contribution is 2.23. The number of rotatable bonds is 6. The zero-order valence-corrected chi connectivity index (χ0v) is 12.4. The number of primary amides is 1. The maximum absolute atomic E-state index is 11.1. The summed E-state index contributed by atoms with van der Waals surface area (Å²) in [5, 5.41) is 0.380. The normalized spacial score (nSPS) is 12.5. The van der Waals surface area contributed by atoms with Crippen molar-refractivity contribution in [3.63, 3.8) is 0 Å². The fraction of sp³-hybridized carbons (Fsp3) is 0.500. The van der Waals surface area contributed by atoms with E-state index in [1.807, 2.05) is 13.1 Å². The first-order valence-corrected chi connectivity index (χ1v) is 6.76. The zero-order chi connectivity index (χ0) is 14.6. The van der Waals surface area contributed by atoms with Crippen LogP contribution in [-0.4, -0.2) is 25.5 Å². The van der Waals surface area contributed by atoms with Crippen molar-refractivity contribution in [2.75, 3.05) is 18.5 Å². The van der Waals surface area contributed by atoms with Gasteiger partial charge < -0.3 is 16.4 Å². The summed E-state index contributed by atoms with van der Waals surface area (Å²) in [6.45, 7) is 5.07. The second kappa shape index (κ2) is 6.78. The van der Waals surface area contributed by atoms with E-state index in [9.17, 15) is 4.79 Å². The average molecular weight is 284 g/mol. The third-order valence-electron chi connectivity index (χ3n) is 3.31. The summed E-state index contributed by atoms with van der Waals surface area (Å²) in [4.78, 5) is 13.2. The molecule has 19 heavy (non-hydrogen) atoms. The molecule has 0 aliphatic rings. The van der Waals surface area contributed by atoms with Crippen molar-refractivity contribution in [1.29, 1.82) is 0 Å². The Morgan fingerprint density at radius 3 is 2.53 bits per heavy atom. The predicted octanol–water partition coefficient (Wildman–Crippen LogP) is 2.25. The van der Waals surface area contributed by atoms with E-state index in [0.29, 0.717) is 16.5 Å². The van der Waals surface area contributed by atoms with Gasteiger partial charge in [-0.2, -0.15) is 0 Å². The summed E-state index contributed by atoms with van der Waals surface area (Å²) in [5.74, 6) is -0.0461. The number of amides is 1. The molecule has 0 radical (unpaired) electrons. The number of nitrogens with two attached hydrogens (primary N) is 2. The van der Waals surface area contributed by atoms with E-state index >= 15 is 0 Å². The molecule has 0 aromatic heterocycles. The van der Waals surface area contributed by atoms with Crippen molar-refractivity contribution in [2.45, 2.75) is 26.3 Å². The minimum atomic E-state index is -0.513. The number of hydrogen-bond acceptors (Lipinski definition) is 3. The first kappa shape index (κ1) is 15.8. The van der Waals surface area contributed by atoms with Gasteiger partial charge in [0, 0.05) is 25.3 Å². The van der Waals surface area contributed by atoms with Gasteiger partial charge in [0.05, 0.1) is 10.6 Å². The zero-order valence-electron chi connectivity index (χ0n) is 11.7. The van der Waals surface area contributed by atoms with Crippen molar-refractivity contribution < 1.29 is 4.79 Å². The Kier molecular flexibility index (Phi) is 5.63. The van der Waals surface area contributed by atoms with Crippen molar-refractivity contribution in [1.82, 2.24) is 0 Å². The lowest BCUT2D eigenvalue weighted by molar-refractivity contribution is 0.100. The number of carbonyl (C=O) groups excluding carboxylic acids is 1. The summed E-state index contributed by atoms with van der Waals surface area (Å²) in [5.41, 5.74) is 12.5. The van der Waals surface area contributed by atoms with E-state index in [2.05, 4.69) is 18.7 Å². The maximum atomic E-state index is 11.1. The van der Waals surface area contributed by atoms with Crippen molar-refractivity contribution >= 4 is 23.2 Å². The number of benzene rings is 1. The average Bonchev–Trinajstić information content (AvgIpc) is 2.34. The van der Waals surface area contributed by atoms with Gasteiger partial charge in [0.1, 0.15) is 0 Å². The minimum absolute atomic E-state index is 0.183. The van der Waals surface area contributed by atoms with Crippen molar-refractivity contribution in [3.8, 4) is 0 Å². The predicted molar refractivity (Wildman–Crippen MR) is 80.7 cm³/mol. The van der Waals surface area contributed by atoms with Gasteiger partial charge in [-0.3, -0.25) is 4.79 Å². The van der Waals surface area contributed by atoms with Gasteiger partial charge in [0.2, 0.25) is 5.91 Å². The molecular weight excluding hydrogens is 262 g/mol. The van der Waals surface area contributed by atoms with Crippen LogP contribution in [0.4, 0.5) is 5.69 Å². The van der Waals surface area contributed by atoms with Crippen molar-refractivity contribution in [3.05, 3.63) is 28.8 Å². The Hall–Kier alpha value is -1.26. The number of hydrogen-bond donors (Lipinski definition) is 2. The highest BCUT2D eigenvalue weighted by atomic mass is 35.5. The number of anilines is 1. The monoisotopic (exact) mass is 283 g/mol. The highest BCUT2D eigenvalue weighted by Gasteiger charge is 2.11. The molecule has 0 heterocycles. The van der Waals surface area contributed by atoms with E-state index in [0.717, 1.165) is 18.7 Å². The Morgan fingerprint density at radius 1 is 1.42 bits per heavy atom. The number of nitrogens with zero attached hydrogens (tertiary/aromatic N) is 1. The van der Waals surface area contributed by atoms with E-state index in [4.69, 9.17) is 23.1 Å². The summed E-state index contributed by atoms with van der Waals surface area (Å²) < 4.78 is 0. The summed E-state index contributed by atoms with van der Waals surface area (Å²) in [6, 6.07) is 5.43. The molecule has 1 atom stereocenters. The molecule has 0 bridgehead atoms. The molecule has 4 nitrogen and oxygen atoms in total. The standard InChI is InChI=1S/C14H22ClN3O/c1-9(2)13(16)6-7-18(3)10-4-5-11(14(17)19)12(15)8-10/h4-5,8-9,13H,6-7,16H2,1-3H3,(H2,17,19). The van der Waals surface area contributed by atoms with Crippen LogP contribution < -0.4 is 16.4 Å². The SMILES string of the molecule is CC(C)C(N)CCN(C)c1ccc(C(N)=O)c(Cl)c1. The van der Waals surface area contributed by atoms with Crippen LogP contribution in [0.5, 0.6) is 0 Å². The van der Waals surface area contributed by atoms with Crippen LogP contribution in [0.25, 0.3) is 0 Å². The van der Waals surface area contributed by atoms with Crippen LogP contribution in [-0.2, 0) is 0 Å². The fourth-order valence-corrected chi connectivity index (χ4v) is 2.01. The van der Waals surface area contributed by atoms with Crippen LogP contribution in [0.3, 0.4) is 0 Å². The highest BCUT2D eigenvalue weighted by molar-refractivity contribution is 6.34. The first-order valence-electron chi connectivity index (χ1n) is 6.39. The Balaban J connectivity index is 2.70. The van der Waals surface area contributed by atoms with Gasteiger partial charge in [0.15, 0.2) is 0 Å². The second-order valence-electron chi connectivity index (χ2n) is 5.15. The molecule has 1 unspecified atom stereocenters. The maximum Gasteiger partial charge on any atom is 0.250 e. The molecule has 1 rings (SSSR count). The van der Waals surface area contributed by atoms with Gasteiger partial charge in [-0.1, -0.05) is 25.4 Å². The minimum Gasteiger partial charge on any atom is -0.374 e. The van der Waals surface area contributed by atoms with Crippen LogP contribution >= 0.6 is 11.6 Å². The molecule has 106 valence electrons. The summed E-state index contributed by atoms with van der Waals surface area (Å²) >= 11 is 6.03. The quantitative estimate of drug-likeness (QED) is 0.841. The van der Waals surface area contributed by atoms with Gasteiger partial charge in [-0.25, -0.2) is 0 Å². The van der Waals surface area contributed by atoms with Crippen LogP contribution in [0.15, 0.2) is 18.2 Å². The Labute approximate surface area is 119 Å². The topological polar surface area (TPSA) is 72.3 Å². The third kappa shape index (κ3) is 4.40. The smallest absolute Gasteiger partial charge is 0.250 e. The van der Waals surface area contributed by atoms with Crippen LogP contribution in [0.1, 0.15) is 30.6 Å². The lowest BCUT2D eigenvalue weighted by Crippen LogP contribution is -2.31. The van der Waals surface area contributed by atoms with Crippen LogP contribution in [0, 0.1) is 5.92 Å². The van der Waals surface area contributed by atoms with E-state index in [-0.39, 0.29) is 6.04 Å². The first-order chi connectivity index (χ1) is 8.82. The molecule has 0 saturated heterocycles. The molecule has 1 aromatic carbocycles. The third-order valence-corrected chi connectivity index (χ3v) is 3.63. The van der Waals surface area contributed by atoms with Gasteiger partial charge >= 0.3 is 0 Å². The molecule has 1 aromatic rings. The molecule has 0 saturated carbocycles.